The number of hydrogen-bond donors (Lipinski definition) is 0. The van der Waals surface area contributed by atoms with Crippen LogP contribution in [0, 0.1) is 0 Å². The van der Waals surface area contributed by atoms with E-state index in [-0.39, 0.29) is 12.2 Å². The summed E-state index contributed by atoms with van der Waals surface area (Å²) in [4.78, 5) is 12.1. The first-order valence-corrected chi connectivity index (χ1v) is 6.72. The number of para-hydroxylation sites is 1. The fraction of sp³-hybridized carbons (Fsp3) is 0.235. The molecule has 0 radical (unpaired) electrons. The number of carbonyl (C=O) groups is 1. The molecule has 0 bridgehead atoms. The summed E-state index contributed by atoms with van der Waals surface area (Å²) < 4.78 is 20.9. The molecule has 0 aliphatic heterocycles. The maximum absolute atomic E-state index is 12.1. The van der Waals surface area contributed by atoms with Crippen molar-refractivity contribution in [2.75, 3.05) is 21.3 Å². The maximum atomic E-state index is 12.1. The number of carbonyl (C=O) groups excluding carboxylic acids is 1. The van der Waals surface area contributed by atoms with Gasteiger partial charge in [-0.05, 0) is 29.8 Å². The highest BCUT2D eigenvalue weighted by Gasteiger charge is 2.16. The van der Waals surface area contributed by atoms with E-state index in [9.17, 15) is 4.79 Å². The highest BCUT2D eigenvalue weighted by molar-refractivity contribution is 5.77. The van der Waals surface area contributed by atoms with Gasteiger partial charge < -0.3 is 18.9 Å². The zero-order chi connectivity index (χ0) is 15.9. The second-order valence-electron chi connectivity index (χ2n) is 4.49. The van der Waals surface area contributed by atoms with Crippen molar-refractivity contribution in [2.45, 2.75) is 6.42 Å². The van der Waals surface area contributed by atoms with Gasteiger partial charge in [-0.3, -0.25) is 4.79 Å². The van der Waals surface area contributed by atoms with E-state index < -0.39 is 5.97 Å². The molecule has 0 atom stereocenters. The number of rotatable bonds is 6. The second-order valence-corrected chi connectivity index (χ2v) is 4.49. The van der Waals surface area contributed by atoms with Crippen LogP contribution in [-0.4, -0.2) is 27.3 Å². The molecule has 0 fully saturated rings. The van der Waals surface area contributed by atoms with Gasteiger partial charge in [-0.2, -0.15) is 0 Å². The number of esters is 1. The van der Waals surface area contributed by atoms with Crippen molar-refractivity contribution >= 4 is 5.97 Å². The van der Waals surface area contributed by atoms with Crippen molar-refractivity contribution in [1.29, 1.82) is 0 Å². The van der Waals surface area contributed by atoms with Gasteiger partial charge in [0.1, 0.15) is 5.75 Å². The Morgan fingerprint density at radius 1 is 0.864 bits per heavy atom. The molecule has 0 heterocycles. The lowest BCUT2D eigenvalue weighted by Gasteiger charge is -2.12. The quantitative estimate of drug-likeness (QED) is 0.606. The van der Waals surface area contributed by atoms with Crippen LogP contribution in [0.5, 0.6) is 23.0 Å². The van der Waals surface area contributed by atoms with Crippen molar-refractivity contribution < 1.29 is 23.7 Å². The summed E-state index contributed by atoms with van der Waals surface area (Å²) >= 11 is 0. The summed E-state index contributed by atoms with van der Waals surface area (Å²) in [6.45, 7) is 0. The van der Waals surface area contributed by atoms with Gasteiger partial charge in [0.2, 0.25) is 5.75 Å². The van der Waals surface area contributed by atoms with Crippen LogP contribution in [0.4, 0.5) is 0 Å². The average molecular weight is 302 g/mol. The van der Waals surface area contributed by atoms with Crippen LogP contribution in [0.25, 0.3) is 0 Å². The van der Waals surface area contributed by atoms with Gasteiger partial charge in [0, 0.05) is 0 Å². The van der Waals surface area contributed by atoms with E-state index >= 15 is 0 Å². The molecule has 0 aromatic heterocycles. The summed E-state index contributed by atoms with van der Waals surface area (Å²) in [6, 6.07) is 12.4. The molecule has 0 N–H and O–H groups in total. The highest BCUT2D eigenvalue weighted by atomic mass is 16.6. The van der Waals surface area contributed by atoms with Crippen LogP contribution in [-0.2, 0) is 11.2 Å². The second kappa shape index (κ2) is 7.36. The Bertz CT molecular complexity index is 612. The van der Waals surface area contributed by atoms with Crippen molar-refractivity contribution in [3.05, 3.63) is 48.0 Å². The lowest BCUT2D eigenvalue weighted by Crippen LogP contribution is -2.12. The topological polar surface area (TPSA) is 54.0 Å². The molecule has 0 saturated carbocycles. The molecular weight excluding hydrogens is 284 g/mol. The minimum Gasteiger partial charge on any atom is -0.497 e. The van der Waals surface area contributed by atoms with Gasteiger partial charge in [0.15, 0.2) is 11.5 Å². The van der Waals surface area contributed by atoms with Crippen molar-refractivity contribution in [2.24, 2.45) is 0 Å². The molecule has 5 heteroatoms. The van der Waals surface area contributed by atoms with Gasteiger partial charge in [0.25, 0.3) is 0 Å². The Morgan fingerprint density at radius 2 is 1.45 bits per heavy atom. The first kappa shape index (κ1) is 15.7. The van der Waals surface area contributed by atoms with E-state index in [0.717, 1.165) is 11.3 Å². The summed E-state index contributed by atoms with van der Waals surface area (Å²) in [5.74, 6) is 1.52. The van der Waals surface area contributed by atoms with Gasteiger partial charge in [-0.15, -0.1) is 0 Å². The van der Waals surface area contributed by atoms with Gasteiger partial charge in [-0.1, -0.05) is 18.2 Å². The summed E-state index contributed by atoms with van der Waals surface area (Å²) in [5, 5.41) is 0. The normalized spacial score (nSPS) is 9.95. The summed E-state index contributed by atoms with van der Waals surface area (Å²) in [6.07, 6.45) is 0.144. The molecule has 0 aliphatic carbocycles. The number of benzene rings is 2. The fourth-order valence-corrected chi connectivity index (χ4v) is 1.98. The van der Waals surface area contributed by atoms with Crippen LogP contribution < -0.4 is 18.9 Å². The van der Waals surface area contributed by atoms with Crippen LogP contribution in [0.1, 0.15) is 5.56 Å². The molecule has 116 valence electrons. The first-order chi connectivity index (χ1) is 10.7. The molecule has 0 unspecified atom stereocenters. The monoisotopic (exact) mass is 302 g/mol. The zero-order valence-electron chi connectivity index (χ0n) is 12.8. The van der Waals surface area contributed by atoms with E-state index in [1.807, 2.05) is 12.1 Å². The fourth-order valence-electron chi connectivity index (χ4n) is 1.98. The third kappa shape index (κ3) is 3.69. The van der Waals surface area contributed by atoms with Crippen LogP contribution in [0.15, 0.2) is 42.5 Å². The van der Waals surface area contributed by atoms with E-state index in [2.05, 4.69) is 0 Å². The third-order valence-electron chi connectivity index (χ3n) is 3.11. The predicted molar refractivity (Wildman–Crippen MR) is 81.9 cm³/mol. The largest absolute Gasteiger partial charge is 0.497 e. The molecule has 2 rings (SSSR count). The first-order valence-electron chi connectivity index (χ1n) is 6.72. The molecule has 2 aromatic rings. The maximum Gasteiger partial charge on any atom is 0.315 e. The number of ether oxygens (including phenoxy) is 4. The van der Waals surface area contributed by atoms with Gasteiger partial charge in [0.05, 0.1) is 27.8 Å². The number of methoxy groups -OCH3 is 3. The minimum absolute atomic E-state index is 0.144. The summed E-state index contributed by atoms with van der Waals surface area (Å²) in [7, 11) is 4.61. The van der Waals surface area contributed by atoms with E-state index in [1.165, 1.54) is 14.2 Å². The van der Waals surface area contributed by atoms with Gasteiger partial charge >= 0.3 is 5.97 Å². The van der Waals surface area contributed by atoms with E-state index in [1.54, 1.807) is 37.4 Å². The standard InChI is InChI=1S/C17H18O5/c1-19-13-9-7-12(8-10-13)11-16(18)22-17-14(20-2)5-4-6-15(17)21-3/h4-10H,11H2,1-3H3. The lowest BCUT2D eigenvalue weighted by molar-refractivity contribution is -0.133. The van der Waals surface area contributed by atoms with Crippen molar-refractivity contribution in [3.63, 3.8) is 0 Å². The van der Waals surface area contributed by atoms with E-state index in [4.69, 9.17) is 18.9 Å². The Labute approximate surface area is 129 Å². The average Bonchev–Trinajstić information content (AvgIpc) is 2.55. The zero-order valence-corrected chi connectivity index (χ0v) is 12.8. The Hall–Kier alpha value is -2.69. The van der Waals surface area contributed by atoms with Crippen LogP contribution in [0.2, 0.25) is 0 Å². The molecule has 0 amide bonds. The molecule has 2 aromatic carbocycles. The molecule has 22 heavy (non-hydrogen) atoms. The lowest BCUT2D eigenvalue weighted by atomic mass is 10.1. The highest BCUT2D eigenvalue weighted by Crippen LogP contribution is 2.36. The molecule has 0 spiro atoms. The molecule has 5 nitrogen and oxygen atoms in total. The predicted octanol–water partition coefficient (Wildman–Crippen LogP) is 2.86. The van der Waals surface area contributed by atoms with Crippen LogP contribution >= 0.6 is 0 Å². The van der Waals surface area contributed by atoms with Crippen molar-refractivity contribution in [3.8, 4) is 23.0 Å². The molecule has 0 aliphatic rings. The SMILES string of the molecule is COc1ccc(CC(=O)Oc2c(OC)cccc2OC)cc1. The Morgan fingerprint density at radius 3 is 1.95 bits per heavy atom. The van der Waals surface area contributed by atoms with Gasteiger partial charge in [-0.25, -0.2) is 0 Å². The Kier molecular flexibility index (Phi) is 5.25. The van der Waals surface area contributed by atoms with E-state index in [0.29, 0.717) is 11.5 Å². The minimum atomic E-state index is -0.395. The summed E-state index contributed by atoms with van der Waals surface area (Å²) in [5.41, 5.74) is 0.833. The smallest absolute Gasteiger partial charge is 0.315 e. The third-order valence-corrected chi connectivity index (χ3v) is 3.11. The van der Waals surface area contributed by atoms with Crippen molar-refractivity contribution in [1.82, 2.24) is 0 Å². The number of hydrogen-bond acceptors (Lipinski definition) is 5. The Balaban J connectivity index is 2.11. The van der Waals surface area contributed by atoms with Crippen LogP contribution in [0.3, 0.4) is 0 Å². The molecular formula is C17H18O5. The molecule has 0 saturated heterocycles.